The Morgan fingerprint density at radius 1 is 1.29 bits per heavy atom. The van der Waals surface area contributed by atoms with Crippen LogP contribution in [0.3, 0.4) is 0 Å². The monoisotopic (exact) mass is 185 g/mol. The first-order chi connectivity index (χ1) is 6.84. The Hall–Kier alpha value is -2.03. The highest BCUT2D eigenvalue weighted by molar-refractivity contribution is 5.59. The number of aromatic hydroxyl groups is 1. The number of nitrogens with zero attached hydrogens (tertiary/aromatic N) is 1. The van der Waals surface area contributed by atoms with Crippen LogP contribution in [-0.4, -0.2) is 10.1 Å². The number of hydrogen-bond donors (Lipinski definition) is 2. The average Bonchev–Trinajstić information content (AvgIpc) is 2.19. The van der Waals surface area contributed by atoms with E-state index < -0.39 is 0 Å². The van der Waals surface area contributed by atoms with Crippen molar-refractivity contribution in [1.82, 2.24) is 4.98 Å². The lowest BCUT2D eigenvalue weighted by molar-refractivity contribution is 0.454. The molecule has 2 rings (SSSR count). The van der Waals surface area contributed by atoms with Crippen molar-refractivity contribution in [3.63, 3.8) is 0 Å². The molecule has 1 radical (unpaired) electrons. The van der Waals surface area contributed by atoms with Crippen molar-refractivity contribution in [2.75, 3.05) is 5.32 Å². The second-order valence-corrected chi connectivity index (χ2v) is 2.80. The number of hydrogen-bond acceptors (Lipinski definition) is 3. The van der Waals surface area contributed by atoms with E-state index in [1.807, 2.05) is 24.3 Å². The summed E-state index contributed by atoms with van der Waals surface area (Å²) in [4.78, 5) is 3.69. The molecule has 0 fully saturated rings. The number of aromatic nitrogens is 1. The average molecular weight is 185 g/mol. The lowest BCUT2D eigenvalue weighted by Crippen LogP contribution is -1.89. The van der Waals surface area contributed by atoms with E-state index in [2.05, 4.69) is 16.4 Å². The van der Waals surface area contributed by atoms with Crippen molar-refractivity contribution >= 4 is 11.4 Å². The van der Waals surface area contributed by atoms with Crippen LogP contribution in [0.25, 0.3) is 0 Å². The molecule has 0 saturated carbocycles. The summed E-state index contributed by atoms with van der Waals surface area (Å²) in [5.74, 6) is 0.00549. The van der Waals surface area contributed by atoms with Crippen molar-refractivity contribution in [3.8, 4) is 5.88 Å². The van der Waals surface area contributed by atoms with Gasteiger partial charge in [-0.3, -0.25) is 0 Å². The summed E-state index contributed by atoms with van der Waals surface area (Å²) >= 11 is 0. The molecular weight excluding hydrogens is 176 g/mol. The van der Waals surface area contributed by atoms with Gasteiger partial charge in [0.05, 0.1) is 0 Å². The van der Waals surface area contributed by atoms with Gasteiger partial charge in [-0.25, -0.2) is 4.98 Å². The SMILES string of the molecule is Oc1cc(Nc2[c]cccc2)ccn1. The van der Waals surface area contributed by atoms with Gasteiger partial charge in [0.1, 0.15) is 0 Å². The van der Waals surface area contributed by atoms with Crippen LogP contribution >= 0.6 is 0 Å². The molecule has 1 aromatic carbocycles. The molecule has 0 aliphatic carbocycles. The van der Waals surface area contributed by atoms with Crippen molar-refractivity contribution < 1.29 is 5.11 Å². The molecule has 0 aliphatic heterocycles. The fourth-order valence-electron chi connectivity index (χ4n) is 1.12. The van der Waals surface area contributed by atoms with Gasteiger partial charge in [-0.1, -0.05) is 18.2 Å². The zero-order valence-corrected chi connectivity index (χ0v) is 7.44. The van der Waals surface area contributed by atoms with Gasteiger partial charge in [-0.15, -0.1) is 0 Å². The molecule has 0 unspecified atom stereocenters. The molecular formula is C11H9N2O. The number of anilines is 2. The van der Waals surface area contributed by atoms with Crippen molar-refractivity contribution in [1.29, 1.82) is 0 Å². The Kier molecular flexibility index (Phi) is 2.32. The zero-order chi connectivity index (χ0) is 9.80. The summed E-state index contributed by atoms with van der Waals surface area (Å²) in [6.07, 6.45) is 1.54. The normalized spacial score (nSPS) is 9.71. The van der Waals surface area contributed by atoms with Gasteiger partial charge in [-0.05, 0) is 12.1 Å². The van der Waals surface area contributed by atoms with Crippen LogP contribution in [0.5, 0.6) is 5.88 Å². The summed E-state index contributed by atoms with van der Waals surface area (Å²) < 4.78 is 0. The molecule has 1 aromatic heterocycles. The second kappa shape index (κ2) is 3.79. The highest BCUT2D eigenvalue weighted by Crippen LogP contribution is 2.17. The third-order valence-corrected chi connectivity index (χ3v) is 1.73. The Bertz CT molecular complexity index is 415. The molecule has 69 valence electrons. The van der Waals surface area contributed by atoms with Crippen molar-refractivity contribution in [2.45, 2.75) is 0 Å². The van der Waals surface area contributed by atoms with Crippen LogP contribution in [0.1, 0.15) is 0 Å². The van der Waals surface area contributed by atoms with Crippen LogP contribution in [0.4, 0.5) is 11.4 Å². The van der Waals surface area contributed by atoms with Gasteiger partial charge in [0.2, 0.25) is 5.88 Å². The summed E-state index contributed by atoms with van der Waals surface area (Å²) in [5.41, 5.74) is 1.65. The molecule has 1 heterocycles. The van der Waals surface area contributed by atoms with E-state index in [1.165, 1.54) is 0 Å². The summed E-state index contributed by atoms with van der Waals surface area (Å²) in [5, 5.41) is 12.2. The summed E-state index contributed by atoms with van der Waals surface area (Å²) in [6.45, 7) is 0. The highest BCUT2D eigenvalue weighted by Gasteiger charge is 1.95. The first kappa shape index (κ1) is 8.56. The maximum absolute atomic E-state index is 9.13. The van der Waals surface area contributed by atoms with E-state index in [0.29, 0.717) is 0 Å². The zero-order valence-electron chi connectivity index (χ0n) is 7.44. The minimum absolute atomic E-state index is 0.00549. The smallest absolute Gasteiger partial charge is 0.212 e. The molecule has 14 heavy (non-hydrogen) atoms. The van der Waals surface area contributed by atoms with Crippen LogP contribution in [0.15, 0.2) is 42.6 Å². The predicted octanol–water partition coefficient (Wildman–Crippen LogP) is 2.33. The fraction of sp³-hybridized carbons (Fsp3) is 0. The molecule has 0 amide bonds. The number of pyridine rings is 1. The Labute approximate surface area is 82.1 Å². The van der Waals surface area contributed by atoms with Crippen LogP contribution in [0.2, 0.25) is 0 Å². The van der Waals surface area contributed by atoms with E-state index in [4.69, 9.17) is 5.11 Å². The van der Waals surface area contributed by atoms with Crippen molar-refractivity contribution in [2.24, 2.45) is 0 Å². The number of benzene rings is 1. The van der Waals surface area contributed by atoms with Crippen LogP contribution < -0.4 is 5.32 Å². The molecule has 2 aromatic rings. The van der Waals surface area contributed by atoms with E-state index in [0.717, 1.165) is 11.4 Å². The Morgan fingerprint density at radius 2 is 2.21 bits per heavy atom. The maximum atomic E-state index is 9.13. The maximum Gasteiger partial charge on any atom is 0.212 e. The summed E-state index contributed by atoms with van der Waals surface area (Å²) in [7, 11) is 0. The van der Waals surface area contributed by atoms with Crippen molar-refractivity contribution in [3.05, 3.63) is 48.7 Å². The van der Waals surface area contributed by atoms with Crippen LogP contribution in [-0.2, 0) is 0 Å². The Morgan fingerprint density at radius 3 is 2.93 bits per heavy atom. The third-order valence-electron chi connectivity index (χ3n) is 1.73. The Balaban J connectivity index is 2.19. The van der Waals surface area contributed by atoms with E-state index >= 15 is 0 Å². The molecule has 0 bridgehead atoms. The molecule has 0 atom stereocenters. The van der Waals surface area contributed by atoms with Gasteiger partial charge in [0, 0.05) is 29.7 Å². The van der Waals surface area contributed by atoms with E-state index in [9.17, 15) is 0 Å². The van der Waals surface area contributed by atoms with Gasteiger partial charge in [-0.2, -0.15) is 0 Å². The second-order valence-electron chi connectivity index (χ2n) is 2.80. The molecule has 0 saturated heterocycles. The fourth-order valence-corrected chi connectivity index (χ4v) is 1.12. The lowest BCUT2D eigenvalue weighted by atomic mass is 10.3. The molecule has 3 heteroatoms. The minimum Gasteiger partial charge on any atom is -0.493 e. The number of rotatable bonds is 2. The highest BCUT2D eigenvalue weighted by atomic mass is 16.3. The quantitative estimate of drug-likeness (QED) is 0.754. The van der Waals surface area contributed by atoms with Gasteiger partial charge in [0.25, 0.3) is 0 Å². The molecule has 3 nitrogen and oxygen atoms in total. The summed E-state index contributed by atoms with van der Waals surface area (Å²) in [6, 6.07) is 13.9. The van der Waals surface area contributed by atoms with Crippen LogP contribution in [0, 0.1) is 6.07 Å². The minimum atomic E-state index is 0.00549. The van der Waals surface area contributed by atoms with Gasteiger partial charge >= 0.3 is 0 Å². The van der Waals surface area contributed by atoms with Gasteiger partial charge in [0.15, 0.2) is 0 Å². The first-order valence-corrected chi connectivity index (χ1v) is 4.23. The van der Waals surface area contributed by atoms with Gasteiger partial charge < -0.3 is 10.4 Å². The van der Waals surface area contributed by atoms with E-state index in [-0.39, 0.29) is 5.88 Å². The molecule has 0 aliphatic rings. The lowest BCUT2D eigenvalue weighted by Gasteiger charge is -2.04. The molecule has 0 spiro atoms. The number of para-hydroxylation sites is 1. The first-order valence-electron chi connectivity index (χ1n) is 4.23. The predicted molar refractivity (Wildman–Crippen MR) is 54.5 cm³/mol. The standard InChI is InChI=1S/C11H9N2O/c14-11-8-10(6-7-12-11)13-9-4-2-1-3-5-9/h1-4,6-8H,(H2,12,13,14). The number of nitrogens with one attached hydrogen (secondary N) is 1. The topological polar surface area (TPSA) is 45.1 Å². The third kappa shape index (κ3) is 2.01. The van der Waals surface area contributed by atoms with E-state index in [1.54, 1.807) is 18.3 Å². The largest absolute Gasteiger partial charge is 0.493 e. The molecule has 2 N–H and O–H groups in total.